The molecule has 0 atom stereocenters. The Morgan fingerprint density at radius 2 is 1.76 bits per heavy atom. The van der Waals surface area contributed by atoms with Crippen LogP contribution in [0.3, 0.4) is 0 Å². The fourth-order valence-electron chi connectivity index (χ4n) is 1.61. The first-order valence-corrected chi connectivity index (χ1v) is 5.40. The van der Waals surface area contributed by atoms with E-state index in [2.05, 4.69) is 11.1 Å². The monoisotopic (exact) mass is 220 g/mol. The number of nitrogens with zero attached hydrogens (tertiary/aromatic N) is 2. The molecule has 2 aromatic rings. The predicted molar refractivity (Wildman–Crippen MR) is 69.1 cm³/mol. The topological polar surface area (TPSA) is 36.7 Å². The smallest absolute Gasteiger partial charge is 0.141 e. The summed E-state index contributed by atoms with van der Waals surface area (Å²) in [5.41, 5.74) is 3.45. The van der Waals surface area contributed by atoms with Crippen LogP contribution in [0.4, 0.5) is 0 Å². The van der Waals surface area contributed by atoms with E-state index in [1.807, 2.05) is 55.5 Å². The van der Waals surface area contributed by atoms with Crippen LogP contribution in [0.25, 0.3) is 12.2 Å². The summed E-state index contributed by atoms with van der Waals surface area (Å²) >= 11 is 0. The Hall–Kier alpha value is -2.40. The molecule has 0 amide bonds. The molecule has 1 aromatic carbocycles. The molecular weight excluding hydrogens is 208 g/mol. The van der Waals surface area contributed by atoms with E-state index >= 15 is 0 Å². The highest BCUT2D eigenvalue weighted by Gasteiger charge is 1.96. The van der Waals surface area contributed by atoms with Crippen molar-refractivity contribution in [3.63, 3.8) is 0 Å². The van der Waals surface area contributed by atoms with Crippen LogP contribution >= 0.6 is 0 Å². The molecule has 2 rings (SSSR count). The van der Waals surface area contributed by atoms with Crippen LogP contribution in [-0.2, 0) is 0 Å². The van der Waals surface area contributed by atoms with E-state index in [1.165, 1.54) is 0 Å². The SMILES string of the molecule is Cc1cc(C=Cc2ccccc2)cc(C#N)n1. The fraction of sp³-hybridized carbons (Fsp3) is 0.0667. The van der Waals surface area contributed by atoms with Crippen LogP contribution in [-0.4, -0.2) is 4.98 Å². The number of rotatable bonds is 2. The van der Waals surface area contributed by atoms with Gasteiger partial charge in [0.25, 0.3) is 0 Å². The summed E-state index contributed by atoms with van der Waals surface area (Å²) < 4.78 is 0. The first-order chi connectivity index (χ1) is 8.28. The van der Waals surface area contributed by atoms with Crippen LogP contribution in [0.1, 0.15) is 22.5 Å². The Morgan fingerprint density at radius 1 is 1.06 bits per heavy atom. The lowest BCUT2D eigenvalue weighted by Crippen LogP contribution is -1.87. The Labute approximate surface area is 101 Å². The molecule has 0 saturated carbocycles. The highest BCUT2D eigenvalue weighted by Crippen LogP contribution is 2.10. The zero-order valence-corrected chi connectivity index (χ0v) is 9.59. The van der Waals surface area contributed by atoms with E-state index in [1.54, 1.807) is 6.07 Å². The number of benzene rings is 1. The van der Waals surface area contributed by atoms with Gasteiger partial charge >= 0.3 is 0 Å². The second kappa shape index (κ2) is 5.09. The summed E-state index contributed by atoms with van der Waals surface area (Å²) in [6.07, 6.45) is 4.01. The summed E-state index contributed by atoms with van der Waals surface area (Å²) in [6.45, 7) is 1.89. The number of pyridine rings is 1. The van der Waals surface area contributed by atoms with Gasteiger partial charge in [0.2, 0.25) is 0 Å². The van der Waals surface area contributed by atoms with Gasteiger partial charge in [0.1, 0.15) is 11.8 Å². The van der Waals surface area contributed by atoms with E-state index in [4.69, 9.17) is 5.26 Å². The van der Waals surface area contributed by atoms with Crippen molar-refractivity contribution in [3.05, 3.63) is 65.0 Å². The Kier molecular flexibility index (Phi) is 3.32. The predicted octanol–water partition coefficient (Wildman–Crippen LogP) is 3.43. The third-order valence-corrected chi connectivity index (χ3v) is 2.36. The molecule has 0 N–H and O–H groups in total. The van der Waals surface area contributed by atoms with Crippen molar-refractivity contribution >= 4 is 12.2 Å². The van der Waals surface area contributed by atoms with Crippen LogP contribution in [0, 0.1) is 18.3 Å². The lowest BCUT2D eigenvalue weighted by molar-refractivity contribution is 1.16. The molecular formula is C15H12N2. The minimum absolute atomic E-state index is 0.456. The van der Waals surface area contributed by atoms with Crippen LogP contribution in [0.15, 0.2) is 42.5 Å². The summed E-state index contributed by atoms with van der Waals surface area (Å²) in [5.74, 6) is 0. The second-order valence-electron chi connectivity index (χ2n) is 3.78. The standard InChI is InChI=1S/C15H12N2/c1-12-9-14(10-15(11-16)17-12)8-7-13-5-3-2-4-6-13/h2-10H,1H3. The molecule has 0 aliphatic carbocycles. The minimum atomic E-state index is 0.456. The Balaban J connectivity index is 2.28. The average molecular weight is 220 g/mol. The van der Waals surface area contributed by atoms with Crippen LogP contribution in [0.5, 0.6) is 0 Å². The molecule has 0 saturated heterocycles. The number of hydrogen-bond acceptors (Lipinski definition) is 2. The average Bonchev–Trinajstić information content (AvgIpc) is 2.37. The van der Waals surface area contributed by atoms with Crippen molar-refractivity contribution in [2.45, 2.75) is 6.92 Å². The molecule has 2 nitrogen and oxygen atoms in total. The van der Waals surface area contributed by atoms with E-state index in [9.17, 15) is 0 Å². The quantitative estimate of drug-likeness (QED) is 0.777. The number of nitriles is 1. The van der Waals surface area contributed by atoms with E-state index in [-0.39, 0.29) is 0 Å². The number of hydrogen-bond donors (Lipinski definition) is 0. The number of aromatic nitrogens is 1. The van der Waals surface area contributed by atoms with Gasteiger partial charge in [-0.25, -0.2) is 4.98 Å². The zero-order valence-electron chi connectivity index (χ0n) is 9.59. The van der Waals surface area contributed by atoms with E-state index < -0.39 is 0 Å². The summed E-state index contributed by atoms with van der Waals surface area (Å²) in [7, 11) is 0. The molecule has 0 spiro atoms. The molecule has 0 aliphatic heterocycles. The van der Waals surface area contributed by atoms with Crippen molar-refractivity contribution in [2.24, 2.45) is 0 Å². The minimum Gasteiger partial charge on any atom is -0.242 e. The van der Waals surface area contributed by atoms with Crippen molar-refractivity contribution in [2.75, 3.05) is 0 Å². The van der Waals surface area contributed by atoms with Gasteiger partial charge in [-0.15, -0.1) is 0 Å². The fourth-order valence-corrected chi connectivity index (χ4v) is 1.61. The van der Waals surface area contributed by atoms with Gasteiger partial charge in [0.05, 0.1) is 0 Å². The van der Waals surface area contributed by atoms with Crippen molar-refractivity contribution in [1.82, 2.24) is 4.98 Å². The largest absolute Gasteiger partial charge is 0.242 e. The van der Waals surface area contributed by atoms with E-state index in [0.717, 1.165) is 16.8 Å². The normalized spacial score (nSPS) is 10.4. The molecule has 17 heavy (non-hydrogen) atoms. The third kappa shape index (κ3) is 3.02. The molecule has 82 valence electrons. The summed E-state index contributed by atoms with van der Waals surface area (Å²) in [4.78, 5) is 4.11. The van der Waals surface area contributed by atoms with Crippen LogP contribution < -0.4 is 0 Å². The molecule has 0 unspecified atom stereocenters. The molecule has 1 aromatic heterocycles. The second-order valence-corrected chi connectivity index (χ2v) is 3.78. The zero-order chi connectivity index (χ0) is 12.1. The van der Waals surface area contributed by atoms with Gasteiger partial charge < -0.3 is 0 Å². The highest BCUT2D eigenvalue weighted by molar-refractivity contribution is 5.69. The van der Waals surface area contributed by atoms with Gasteiger partial charge in [-0.05, 0) is 30.2 Å². The Bertz CT molecular complexity index is 578. The van der Waals surface area contributed by atoms with Gasteiger partial charge in [-0.2, -0.15) is 5.26 Å². The van der Waals surface area contributed by atoms with Gasteiger partial charge in [0, 0.05) is 5.69 Å². The third-order valence-electron chi connectivity index (χ3n) is 2.36. The maximum Gasteiger partial charge on any atom is 0.141 e. The Morgan fingerprint density at radius 3 is 2.47 bits per heavy atom. The van der Waals surface area contributed by atoms with Gasteiger partial charge in [-0.3, -0.25) is 0 Å². The number of aryl methyl sites for hydroxylation is 1. The molecule has 1 heterocycles. The first kappa shape index (κ1) is 11.1. The summed E-state index contributed by atoms with van der Waals surface area (Å²) in [6, 6.07) is 15.9. The lowest BCUT2D eigenvalue weighted by atomic mass is 10.1. The first-order valence-electron chi connectivity index (χ1n) is 5.40. The lowest BCUT2D eigenvalue weighted by Gasteiger charge is -1.97. The van der Waals surface area contributed by atoms with E-state index in [0.29, 0.717) is 5.69 Å². The maximum absolute atomic E-state index is 8.84. The van der Waals surface area contributed by atoms with Crippen LogP contribution in [0.2, 0.25) is 0 Å². The van der Waals surface area contributed by atoms with Crippen molar-refractivity contribution in [1.29, 1.82) is 5.26 Å². The maximum atomic E-state index is 8.84. The van der Waals surface area contributed by atoms with Crippen molar-refractivity contribution in [3.8, 4) is 6.07 Å². The van der Waals surface area contributed by atoms with Crippen molar-refractivity contribution < 1.29 is 0 Å². The molecule has 0 bridgehead atoms. The van der Waals surface area contributed by atoms with Gasteiger partial charge in [0.15, 0.2) is 0 Å². The highest BCUT2D eigenvalue weighted by atomic mass is 14.7. The molecule has 2 heteroatoms. The van der Waals surface area contributed by atoms with Gasteiger partial charge in [-0.1, -0.05) is 42.5 Å². The molecule has 0 fully saturated rings. The summed E-state index contributed by atoms with van der Waals surface area (Å²) in [5, 5.41) is 8.84. The molecule has 0 radical (unpaired) electrons. The molecule has 0 aliphatic rings.